The number of piperidine rings is 1. The topological polar surface area (TPSA) is 44.4 Å². The number of nitrogens with zero attached hydrogens (tertiary/aromatic N) is 1. The van der Waals surface area contributed by atoms with Crippen molar-refractivity contribution in [3.63, 3.8) is 0 Å². The molecule has 18 heavy (non-hydrogen) atoms. The van der Waals surface area contributed by atoms with E-state index in [9.17, 15) is 4.79 Å². The second kappa shape index (κ2) is 6.53. The summed E-state index contributed by atoms with van der Waals surface area (Å²) in [5, 5.41) is 6.52. The van der Waals surface area contributed by atoms with Gasteiger partial charge in [0.1, 0.15) is 0 Å². The van der Waals surface area contributed by atoms with Gasteiger partial charge in [-0.05, 0) is 51.6 Å². The molecule has 0 aromatic rings. The summed E-state index contributed by atoms with van der Waals surface area (Å²) in [5.41, 5.74) is 0. The van der Waals surface area contributed by atoms with E-state index in [4.69, 9.17) is 0 Å². The molecular weight excluding hydrogens is 226 g/mol. The van der Waals surface area contributed by atoms with Crippen LogP contribution in [0.4, 0.5) is 0 Å². The zero-order valence-electron chi connectivity index (χ0n) is 11.7. The standard InChI is InChI=1S/C14H27N3O/c1-3-17-8-7-12(10-17)9-15-14(18)13-6-4-5-11(2)16-13/h11-13,16H,3-10H2,1-2H3,(H,15,18). The average Bonchev–Trinajstić information content (AvgIpc) is 2.84. The molecular formula is C14H27N3O. The molecule has 104 valence electrons. The lowest BCUT2D eigenvalue weighted by molar-refractivity contribution is -0.124. The van der Waals surface area contributed by atoms with Crippen LogP contribution < -0.4 is 10.6 Å². The molecule has 0 saturated carbocycles. The van der Waals surface area contributed by atoms with Crippen molar-refractivity contribution in [3.05, 3.63) is 0 Å². The number of carbonyl (C=O) groups excluding carboxylic acids is 1. The molecule has 3 atom stereocenters. The first kappa shape index (κ1) is 13.8. The van der Waals surface area contributed by atoms with Gasteiger partial charge in [0.2, 0.25) is 5.91 Å². The Labute approximate surface area is 110 Å². The predicted octanol–water partition coefficient (Wildman–Crippen LogP) is 0.975. The number of amides is 1. The zero-order valence-corrected chi connectivity index (χ0v) is 11.7. The van der Waals surface area contributed by atoms with Crippen LogP contribution in [-0.2, 0) is 4.79 Å². The minimum atomic E-state index is 0.0393. The Morgan fingerprint density at radius 2 is 2.22 bits per heavy atom. The van der Waals surface area contributed by atoms with Crippen molar-refractivity contribution >= 4 is 5.91 Å². The van der Waals surface area contributed by atoms with E-state index < -0.39 is 0 Å². The van der Waals surface area contributed by atoms with Gasteiger partial charge in [-0.3, -0.25) is 4.79 Å². The largest absolute Gasteiger partial charge is 0.354 e. The smallest absolute Gasteiger partial charge is 0.237 e. The highest BCUT2D eigenvalue weighted by atomic mass is 16.2. The Bertz CT molecular complexity index is 282. The molecule has 0 radical (unpaired) electrons. The molecule has 0 aromatic carbocycles. The molecule has 4 heteroatoms. The predicted molar refractivity (Wildman–Crippen MR) is 73.5 cm³/mol. The van der Waals surface area contributed by atoms with Gasteiger partial charge in [-0.1, -0.05) is 6.92 Å². The molecule has 2 aliphatic rings. The van der Waals surface area contributed by atoms with Gasteiger partial charge < -0.3 is 15.5 Å². The fourth-order valence-electron chi connectivity index (χ4n) is 3.08. The van der Waals surface area contributed by atoms with E-state index in [0.29, 0.717) is 12.0 Å². The highest BCUT2D eigenvalue weighted by Crippen LogP contribution is 2.15. The average molecular weight is 253 g/mol. The van der Waals surface area contributed by atoms with E-state index in [0.717, 1.165) is 26.1 Å². The molecule has 2 saturated heterocycles. The van der Waals surface area contributed by atoms with Crippen LogP contribution in [0.15, 0.2) is 0 Å². The second-order valence-corrected chi connectivity index (χ2v) is 5.84. The summed E-state index contributed by atoms with van der Waals surface area (Å²) >= 11 is 0. The molecule has 0 spiro atoms. The number of carbonyl (C=O) groups is 1. The number of nitrogens with one attached hydrogen (secondary N) is 2. The van der Waals surface area contributed by atoms with Gasteiger partial charge in [-0.25, -0.2) is 0 Å². The number of hydrogen-bond donors (Lipinski definition) is 2. The third-order valence-electron chi connectivity index (χ3n) is 4.31. The summed E-state index contributed by atoms with van der Waals surface area (Å²) in [7, 11) is 0. The van der Waals surface area contributed by atoms with Crippen LogP contribution in [0.1, 0.15) is 39.5 Å². The molecule has 0 bridgehead atoms. The Balaban J connectivity index is 1.68. The molecule has 4 nitrogen and oxygen atoms in total. The van der Waals surface area contributed by atoms with Crippen LogP contribution in [0, 0.1) is 5.92 Å². The van der Waals surface area contributed by atoms with Gasteiger partial charge >= 0.3 is 0 Å². The van der Waals surface area contributed by atoms with Crippen molar-refractivity contribution in [2.45, 2.75) is 51.6 Å². The fourth-order valence-corrected chi connectivity index (χ4v) is 3.08. The molecule has 3 unspecified atom stereocenters. The highest BCUT2D eigenvalue weighted by Gasteiger charge is 2.26. The first-order valence-corrected chi connectivity index (χ1v) is 7.45. The van der Waals surface area contributed by atoms with Crippen LogP contribution in [0.5, 0.6) is 0 Å². The van der Waals surface area contributed by atoms with Crippen LogP contribution >= 0.6 is 0 Å². The summed E-state index contributed by atoms with van der Waals surface area (Å²) in [6.07, 6.45) is 4.57. The van der Waals surface area contributed by atoms with Crippen LogP contribution in [0.3, 0.4) is 0 Å². The van der Waals surface area contributed by atoms with Gasteiger partial charge in [0.15, 0.2) is 0 Å². The lowest BCUT2D eigenvalue weighted by Gasteiger charge is -2.28. The third kappa shape index (κ3) is 3.69. The van der Waals surface area contributed by atoms with Gasteiger partial charge in [0, 0.05) is 19.1 Å². The summed E-state index contributed by atoms with van der Waals surface area (Å²) in [4.78, 5) is 14.5. The van der Waals surface area contributed by atoms with E-state index >= 15 is 0 Å². The monoisotopic (exact) mass is 253 g/mol. The van der Waals surface area contributed by atoms with Crippen molar-refractivity contribution in [3.8, 4) is 0 Å². The van der Waals surface area contributed by atoms with Crippen LogP contribution in [-0.4, -0.2) is 49.1 Å². The molecule has 1 amide bonds. The molecule has 0 aliphatic carbocycles. The minimum Gasteiger partial charge on any atom is -0.354 e. The maximum absolute atomic E-state index is 12.1. The van der Waals surface area contributed by atoms with Crippen LogP contribution in [0.25, 0.3) is 0 Å². The van der Waals surface area contributed by atoms with Crippen molar-refractivity contribution in [2.24, 2.45) is 5.92 Å². The molecule has 2 fully saturated rings. The van der Waals surface area contributed by atoms with Crippen molar-refractivity contribution < 1.29 is 4.79 Å². The third-order valence-corrected chi connectivity index (χ3v) is 4.31. The molecule has 0 aromatic heterocycles. The molecule has 2 N–H and O–H groups in total. The first-order chi connectivity index (χ1) is 8.69. The van der Waals surface area contributed by atoms with Crippen LogP contribution in [0.2, 0.25) is 0 Å². The van der Waals surface area contributed by atoms with Crippen molar-refractivity contribution in [2.75, 3.05) is 26.2 Å². The van der Waals surface area contributed by atoms with Crippen molar-refractivity contribution in [1.29, 1.82) is 0 Å². The molecule has 2 aliphatic heterocycles. The zero-order chi connectivity index (χ0) is 13.0. The number of likely N-dealkylation sites (tertiary alicyclic amines) is 1. The SMILES string of the molecule is CCN1CCC(CNC(=O)C2CCCC(C)N2)C1. The van der Waals surface area contributed by atoms with Gasteiger partial charge in [-0.15, -0.1) is 0 Å². The fraction of sp³-hybridized carbons (Fsp3) is 0.929. The van der Waals surface area contributed by atoms with Crippen molar-refractivity contribution in [1.82, 2.24) is 15.5 Å². The molecule has 2 rings (SSSR count). The normalized spacial score (nSPS) is 33.6. The Kier molecular flexibility index (Phi) is 5.01. The summed E-state index contributed by atoms with van der Waals surface area (Å²) in [6.45, 7) is 8.68. The summed E-state index contributed by atoms with van der Waals surface area (Å²) in [6, 6.07) is 0.522. The van der Waals surface area contributed by atoms with Gasteiger partial charge in [0.05, 0.1) is 6.04 Å². The second-order valence-electron chi connectivity index (χ2n) is 5.84. The Morgan fingerprint density at radius 3 is 2.89 bits per heavy atom. The van der Waals surface area contributed by atoms with E-state index in [1.165, 1.54) is 25.8 Å². The quantitative estimate of drug-likeness (QED) is 0.785. The maximum atomic E-state index is 12.1. The lowest BCUT2D eigenvalue weighted by Crippen LogP contribution is -2.50. The van der Waals surface area contributed by atoms with Gasteiger partial charge in [0.25, 0.3) is 0 Å². The summed E-state index contributed by atoms with van der Waals surface area (Å²) in [5.74, 6) is 0.853. The Hall–Kier alpha value is -0.610. The van der Waals surface area contributed by atoms with E-state index in [1.807, 2.05) is 0 Å². The van der Waals surface area contributed by atoms with Gasteiger partial charge in [-0.2, -0.15) is 0 Å². The maximum Gasteiger partial charge on any atom is 0.237 e. The minimum absolute atomic E-state index is 0.0393. The number of rotatable bonds is 4. The summed E-state index contributed by atoms with van der Waals surface area (Å²) < 4.78 is 0. The lowest BCUT2D eigenvalue weighted by atomic mass is 9.99. The first-order valence-electron chi connectivity index (χ1n) is 7.45. The highest BCUT2D eigenvalue weighted by molar-refractivity contribution is 5.81. The number of hydrogen-bond acceptors (Lipinski definition) is 3. The Morgan fingerprint density at radius 1 is 1.39 bits per heavy atom. The van der Waals surface area contributed by atoms with E-state index in [-0.39, 0.29) is 11.9 Å². The molecule has 2 heterocycles. The van der Waals surface area contributed by atoms with E-state index in [1.54, 1.807) is 0 Å². The van der Waals surface area contributed by atoms with E-state index in [2.05, 4.69) is 29.4 Å².